The molecule has 1 fully saturated rings. The zero-order chi connectivity index (χ0) is 9.30. The van der Waals surface area contributed by atoms with Gasteiger partial charge in [0.25, 0.3) is 0 Å². The number of hydrogen-bond donors (Lipinski definition) is 4. The summed E-state index contributed by atoms with van der Waals surface area (Å²) < 4.78 is 4.39. The molecule has 0 spiro atoms. The number of aliphatic hydroxyl groups is 4. The first kappa shape index (κ1) is 9.40. The monoisotopic (exact) mass is 178 g/mol. The van der Waals surface area contributed by atoms with Crippen molar-refractivity contribution in [2.75, 3.05) is 6.61 Å². The summed E-state index contributed by atoms with van der Waals surface area (Å²) >= 11 is 0. The van der Waals surface area contributed by atoms with Gasteiger partial charge >= 0.3 is 5.97 Å². The Morgan fingerprint density at radius 3 is 2.42 bits per heavy atom. The van der Waals surface area contributed by atoms with Crippen molar-refractivity contribution in [2.45, 2.75) is 24.4 Å². The van der Waals surface area contributed by atoms with Gasteiger partial charge in [0, 0.05) is 0 Å². The van der Waals surface area contributed by atoms with Crippen molar-refractivity contribution in [2.24, 2.45) is 0 Å². The predicted molar refractivity (Wildman–Crippen MR) is 35.0 cm³/mol. The van der Waals surface area contributed by atoms with Crippen LogP contribution in [-0.4, -0.2) is 57.4 Å². The third kappa shape index (κ3) is 1.42. The maximum Gasteiger partial charge on any atom is 0.338 e. The molecule has 6 heteroatoms. The molecular weight excluding hydrogens is 168 g/mol. The Bertz CT molecular complexity index is 181. The SMILES string of the molecule is O=C1OC(C(O)CO)[C@H](O)C1O. The molecule has 0 aromatic rings. The summed E-state index contributed by atoms with van der Waals surface area (Å²) in [6.45, 7) is -0.637. The molecule has 0 aliphatic carbocycles. The minimum atomic E-state index is -1.63. The van der Waals surface area contributed by atoms with Crippen molar-refractivity contribution >= 4 is 5.97 Å². The van der Waals surface area contributed by atoms with Crippen molar-refractivity contribution in [3.05, 3.63) is 0 Å². The molecule has 0 aromatic carbocycles. The fourth-order valence-corrected chi connectivity index (χ4v) is 1.00. The molecule has 6 nitrogen and oxygen atoms in total. The Hall–Kier alpha value is -0.690. The van der Waals surface area contributed by atoms with E-state index < -0.39 is 37.0 Å². The summed E-state index contributed by atoms with van der Waals surface area (Å²) in [6, 6.07) is 0. The van der Waals surface area contributed by atoms with Crippen LogP contribution in [-0.2, 0) is 9.53 Å². The zero-order valence-electron chi connectivity index (χ0n) is 6.12. The lowest BCUT2D eigenvalue weighted by atomic mass is 10.1. The first-order valence-electron chi connectivity index (χ1n) is 3.43. The largest absolute Gasteiger partial charge is 0.455 e. The van der Waals surface area contributed by atoms with Crippen LogP contribution in [0.5, 0.6) is 0 Å². The molecule has 1 saturated heterocycles. The van der Waals surface area contributed by atoms with E-state index in [1.807, 2.05) is 0 Å². The van der Waals surface area contributed by atoms with E-state index in [1.165, 1.54) is 0 Å². The van der Waals surface area contributed by atoms with Crippen LogP contribution in [0.25, 0.3) is 0 Å². The number of carbonyl (C=O) groups is 1. The molecule has 1 aliphatic heterocycles. The van der Waals surface area contributed by atoms with Gasteiger partial charge in [0.15, 0.2) is 12.2 Å². The summed E-state index contributed by atoms with van der Waals surface area (Å²) in [5.41, 5.74) is 0. The van der Waals surface area contributed by atoms with E-state index in [4.69, 9.17) is 20.4 Å². The third-order valence-corrected chi connectivity index (χ3v) is 1.72. The van der Waals surface area contributed by atoms with Crippen molar-refractivity contribution < 1.29 is 30.0 Å². The van der Waals surface area contributed by atoms with Crippen LogP contribution in [0.3, 0.4) is 0 Å². The molecular formula is C6H10O6. The highest BCUT2D eigenvalue weighted by molar-refractivity contribution is 5.77. The number of cyclic esters (lactones) is 1. The van der Waals surface area contributed by atoms with Crippen LogP contribution < -0.4 is 0 Å². The Balaban J connectivity index is 2.64. The lowest BCUT2D eigenvalue weighted by Gasteiger charge is -2.17. The molecule has 0 saturated carbocycles. The fourth-order valence-electron chi connectivity index (χ4n) is 1.00. The van der Waals surface area contributed by atoms with Gasteiger partial charge in [0.2, 0.25) is 0 Å². The van der Waals surface area contributed by atoms with E-state index in [2.05, 4.69) is 4.74 Å². The van der Waals surface area contributed by atoms with Crippen LogP contribution in [0.1, 0.15) is 0 Å². The van der Waals surface area contributed by atoms with Crippen molar-refractivity contribution in [3.63, 3.8) is 0 Å². The summed E-state index contributed by atoms with van der Waals surface area (Å²) in [6.07, 6.45) is -5.70. The summed E-state index contributed by atoms with van der Waals surface area (Å²) in [4.78, 5) is 10.6. The highest BCUT2D eigenvalue weighted by Gasteiger charge is 2.45. The highest BCUT2D eigenvalue weighted by atomic mass is 16.6. The van der Waals surface area contributed by atoms with Gasteiger partial charge in [-0.25, -0.2) is 4.79 Å². The van der Waals surface area contributed by atoms with Crippen LogP contribution in [0.4, 0.5) is 0 Å². The topological polar surface area (TPSA) is 107 Å². The molecule has 1 heterocycles. The average molecular weight is 178 g/mol. The number of rotatable bonds is 2. The molecule has 3 unspecified atom stereocenters. The van der Waals surface area contributed by atoms with Crippen molar-refractivity contribution in [3.8, 4) is 0 Å². The first-order valence-corrected chi connectivity index (χ1v) is 3.43. The number of hydrogen-bond acceptors (Lipinski definition) is 6. The van der Waals surface area contributed by atoms with Crippen LogP contribution in [0.2, 0.25) is 0 Å². The Morgan fingerprint density at radius 1 is 1.50 bits per heavy atom. The fraction of sp³-hybridized carbons (Fsp3) is 0.833. The quantitative estimate of drug-likeness (QED) is 0.335. The molecule has 1 rings (SSSR count). The van der Waals surface area contributed by atoms with Gasteiger partial charge in [-0.1, -0.05) is 0 Å². The Kier molecular flexibility index (Phi) is 2.63. The van der Waals surface area contributed by atoms with Crippen LogP contribution >= 0.6 is 0 Å². The van der Waals surface area contributed by atoms with Gasteiger partial charge in [-0.05, 0) is 0 Å². The molecule has 0 amide bonds. The molecule has 1 aliphatic rings. The maximum atomic E-state index is 10.6. The van der Waals surface area contributed by atoms with Gasteiger partial charge < -0.3 is 25.2 Å². The molecule has 0 aromatic heterocycles. The maximum absolute atomic E-state index is 10.6. The first-order chi connectivity index (χ1) is 5.57. The van der Waals surface area contributed by atoms with E-state index in [0.717, 1.165) is 0 Å². The van der Waals surface area contributed by atoms with Gasteiger partial charge in [0.1, 0.15) is 12.2 Å². The summed E-state index contributed by atoms with van der Waals surface area (Å²) in [5.74, 6) is -0.986. The summed E-state index contributed by atoms with van der Waals surface area (Å²) in [5, 5.41) is 35.3. The lowest BCUT2D eigenvalue weighted by molar-refractivity contribution is -0.151. The second kappa shape index (κ2) is 3.36. The minimum Gasteiger partial charge on any atom is -0.455 e. The zero-order valence-corrected chi connectivity index (χ0v) is 6.12. The molecule has 70 valence electrons. The normalized spacial score (nSPS) is 38.0. The van der Waals surface area contributed by atoms with Crippen LogP contribution in [0, 0.1) is 0 Å². The Labute approximate surface area is 68.0 Å². The number of esters is 1. The van der Waals surface area contributed by atoms with E-state index in [0.29, 0.717) is 0 Å². The van der Waals surface area contributed by atoms with Gasteiger partial charge in [-0.15, -0.1) is 0 Å². The second-order valence-corrected chi connectivity index (χ2v) is 2.59. The number of carbonyl (C=O) groups excluding carboxylic acids is 1. The second-order valence-electron chi connectivity index (χ2n) is 2.59. The van der Waals surface area contributed by atoms with Gasteiger partial charge in [-0.3, -0.25) is 0 Å². The van der Waals surface area contributed by atoms with E-state index in [9.17, 15) is 4.79 Å². The molecule has 0 radical (unpaired) electrons. The van der Waals surface area contributed by atoms with Gasteiger partial charge in [0.05, 0.1) is 6.61 Å². The molecule has 0 bridgehead atoms. The standard InChI is InChI=1S/C6H10O6/c7-1-2(8)5-3(9)4(10)6(11)12-5/h2-5,7-10H,1H2/t2?,3-,4?,5?/m1/s1. The van der Waals surface area contributed by atoms with E-state index >= 15 is 0 Å². The minimum absolute atomic E-state index is 0.637. The van der Waals surface area contributed by atoms with Crippen molar-refractivity contribution in [1.82, 2.24) is 0 Å². The average Bonchev–Trinajstić information content (AvgIpc) is 2.32. The summed E-state index contributed by atoms with van der Waals surface area (Å²) in [7, 11) is 0. The number of ether oxygens (including phenoxy) is 1. The van der Waals surface area contributed by atoms with Crippen LogP contribution in [0.15, 0.2) is 0 Å². The molecule has 4 atom stereocenters. The van der Waals surface area contributed by atoms with Crippen molar-refractivity contribution in [1.29, 1.82) is 0 Å². The lowest BCUT2D eigenvalue weighted by Crippen LogP contribution is -2.40. The Morgan fingerprint density at radius 2 is 2.08 bits per heavy atom. The van der Waals surface area contributed by atoms with E-state index in [-0.39, 0.29) is 0 Å². The van der Waals surface area contributed by atoms with Gasteiger partial charge in [-0.2, -0.15) is 0 Å². The molecule has 4 N–H and O–H groups in total. The van der Waals surface area contributed by atoms with E-state index in [1.54, 1.807) is 0 Å². The highest BCUT2D eigenvalue weighted by Crippen LogP contribution is 2.18. The number of aliphatic hydroxyl groups excluding tert-OH is 4. The third-order valence-electron chi connectivity index (χ3n) is 1.72. The predicted octanol–water partition coefficient (Wildman–Crippen LogP) is -3.01. The smallest absolute Gasteiger partial charge is 0.338 e. The molecule has 12 heavy (non-hydrogen) atoms.